The molecule has 2 rings (SSSR count). The Bertz CT molecular complexity index is 426. The van der Waals surface area contributed by atoms with Crippen molar-refractivity contribution in [3.8, 4) is 5.75 Å². The van der Waals surface area contributed by atoms with Crippen LogP contribution >= 0.6 is 0 Å². The molecule has 1 aromatic heterocycles. The van der Waals surface area contributed by atoms with Crippen LogP contribution in [0.25, 0.3) is 0 Å². The highest BCUT2D eigenvalue weighted by Crippen LogP contribution is 2.25. The third-order valence-electron chi connectivity index (χ3n) is 2.31. The Morgan fingerprint density at radius 1 is 1.31 bits per heavy atom. The monoisotopic (exact) mass is 223 g/mol. The molecule has 0 bridgehead atoms. The van der Waals surface area contributed by atoms with Crippen LogP contribution in [0.2, 0.25) is 0 Å². The molecule has 1 aromatic rings. The molecule has 2 heterocycles. The minimum Gasteiger partial charge on any atom is -0.492 e. The standard InChI is InChI=1S/C10H9NO5/c12-9(13)5-4-7-6(2-1-3-16-7)11-8(5)10(14)15/h4H,1-3H2,(H,12,13)(H,14,15). The quantitative estimate of drug-likeness (QED) is 0.769. The molecule has 0 unspecified atom stereocenters. The minimum absolute atomic E-state index is 0.340. The van der Waals surface area contributed by atoms with Gasteiger partial charge in [-0.1, -0.05) is 0 Å². The lowest BCUT2D eigenvalue weighted by molar-refractivity contribution is 0.0645. The van der Waals surface area contributed by atoms with Crippen LogP contribution in [-0.2, 0) is 6.42 Å². The van der Waals surface area contributed by atoms with Gasteiger partial charge in [-0.2, -0.15) is 0 Å². The van der Waals surface area contributed by atoms with Crippen LogP contribution in [0.3, 0.4) is 0 Å². The van der Waals surface area contributed by atoms with E-state index in [0.717, 1.165) is 6.42 Å². The number of ether oxygens (including phenoxy) is 1. The summed E-state index contributed by atoms with van der Waals surface area (Å²) in [5.41, 5.74) is -0.265. The van der Waals surface area contributed by atoms with Gasteiger partial charge in [0.1, 0.15) is 5.75 Å². The predicted molar refractivity (Wildman–Crippen MR) is 52.0 cm³/mol. The maximum Gasteiger partial charge on any atom is 0.355 e. The van der Waals surface area contributed by atoms with Crippen molar-refractivity contribution in [1.29, 1.82) is 0 Å². The molecule has 0 saturated heterocycles. The maximum atomic E-state index is 10.9. The van der Waals surface area contributed by atoms with E-state index in [-0.39, 0.29) is 5.56 Å². The number of aryl methyl sites for hydroxylation is 1. The summed E-state index contributed by atoms with van der Waals surface area (Å²) < 4.78 is 5.23. The molecule has 1 aliphatic rings. The molecule has 16 heavy (non-hydrogen) atoms. The molecule has 0 radical (unpaired) electrons. The van der Waals surface area contributed by atoms with E-state index in [2.05, 4.69) is 4.98 Å². The minimum atomic E-state index is -1.34. The van der Waals surface area contributed by atoms with E-state index in [1.807, 2.05) is 0 Å². The zero-order valence-electron chi connectivity index (χ0n) is 8.27. The Hall–Kier alpha value is -2.11. The Morgan fingerprint density at radius 3 is 2.69 bits per heavy atom. The van der Waals surface area contributed by atoms with Gasteiger partial charge in [0.05, 0.1) is 17.9 Å². The number of carboxylic acid groups (broad SMARTS) is 2. The largest absolute Gasteiger partial charge is 0.492 e. The lowest BCUT2D eigenvalue weighted by Gasteiger charge is -2.17. The smallest absolute Gasteiger partial charge is 0.355 e. The Kier molecular flexibility index (Phi) is 2.47. The molecule has 0 amide bonds. The molecule has 0 fully saturated rings. The zero-order chi connectivity index (χ0) is 11.7. The van der Waals surface area contributed by atoms with Gasteiger partial charge < -0.3 is 14.9 Å². The summed E-state index contributed by atoms with van der Waals surface area (Å²) in [5, 5.41) is 17.7. The van der Waals surface area contributed by atoms with E-state index in [4.69, 9.17) is 14.9 Å². The van der Waals surface area contributed by atoms with Crippen LogP contribution in [0.5, 0.6) is 5.75 Å². The Morgan fingerprint density at radius 2 is 2.06 bits per heavy atom. The number of pyridine rings is 1. The van der Waals surface area contributed by atoms with Gasteiger partial charge in [0, 0.05) is 0 Å². The molecule has 2 N–H and O–H groups in total. The van der Waals surface area contributed by atoms with Gasteiger partial charge in [0.25, 0.3) is 0 Å². The third-order valence-corrected chi connectivity index (χ3v) is 2.31. The summed E-state index contributed by atoms with van der Waals surface area (Å²) in [6.07, 6.45) is 1.36. The highest BCUT2D eigenvalue weighted by Gasteiger charge is 2.23. The van der Waals surface area contributed by atoms with Gasteiger partial charge >= 0.3 is 11.9 Å². The lowest BCUT2D eigenvalue weighted by atomic mass is 10.1. The number of rotatable bonds is 2. The highest BCUT2D eigenvalue weighted by atomic mass is 16.5. The normalized spacial score (nSPS) is 13.8. The Balaban J connectivity index is 2.59. The maximum absolute atomic E-state index is 10.9. The molecule has 0 spiro atoms. The van der Waals surface area contributed by atoms with Gasteiger partial charge in [-0.05, 0) is 18.9 Å². The number of fused-ring (bicyclic) bond motifs is 1. The number of nitrogens with zero attached hydrogens (tertiary/aromatic N) is 1. The van der Waals surface area contributed by atoms with Crippen molar-refractivity contribution in [3.63, 3.8) is 0 Å². The zero-order valence-corrected chi connectivity index (χ0v) is 8.27. The van der Waals surface area contributed by atoms with Crippen LogP contribution in [0, 0.1) is 0 Å². The Labute approximate surface area is 90.5 Å². The molecule has 0 aromatic carbocycles. The summed E-state index contributed by atoms with van der Waals surface area (Å²) >= 11 is 0. The third kappa shape index (κ3) is 1.69. The van der Waals surface area contributed by atoms with Crippen molar-refractivity contribution < 1.29 is 24.5 Å². The number of hydrogen-bond acceptors (Lipinski definition) is 4. The molecule has 0 saturated carbocycles. The fourth-order valence-corrected chi connectivity index (χ4v) is 1.58. The fourth-order valence-electron chi connectivity index (χ4n) is 1.58. The molecular weight excluding hydrogens is 214 g/mol. The first-order valence-corrected chi connectivity index (χ1v) is 4.73. The molecule has 84 valence electrons. The van der Waals surface area contributed by atoms with Gasteiger partial charge in [-0.15, -0.1) is 0 Å². The number of aromatic nitrogens is 1. The van der Waals surface area contributed by atoms with Crippen molar-refractivity contribution in [1.82, 2.24) is 4.98 Å². The van der Waals surface area contributed by atoms with Crippen molar-refractivity contribution in [3.05, 3.63) is 23.0 Å². The molecular formula is C10H9NO5. The highest BCUT2D eigenvalue weighted by molar-refractivity contribution is 6.00. The van der Waals surface area contributed by atoms with Crippen molar-refractivity contribution >= 4 is 11.9 Å². The van der Waals surface area contributed by atoms with E-state index in [1.54, 1.807) is 0 Å². The summed E-state index contributed by atoms with van der Waals surface area (Å²) in [7, 11) is 0. The first kappa shape index (κ1) is 10.4. The van der Waals surface area contributed by atoms with Crippen LogP contribution in [0.4, 0.5) is 0 Å². The molecule has 1 aliphatic heterocycles. The van der Waals surface area contributed by atoms with Crippen molar-refractivity contribution in [2.24, 2.45) is 0 Å². The summed E-state index contributed by atoms with van der Waals surface area (Å²) in [5.74, 6) is -2.29. The average Bonchev–Trinajstić information content (AvgIpc) is 2.27. The number of carboxylic acids is 2. The van der Waals surface area contributed by atoms with Crippen LogP contribution < -0.4 is 4.74 Å². The van der Waals surface area contributed by atoms with E-state index in [0.29, 0.717) is 24.5 Å². The number of hydrogen-bond donors (Lipinski definition) is 2. The van der Waals surface area contributed by atoms with Crippen LogP contribution in [0.15, 0.2) is 6.07 Å². The summed E-state index contributed by atoms with van der Waals surface area (Å²) in [4.78, 5) is 25.5. The fraction of sp³-hybridized carbons (Fsp3) is 0.300. The van der Waals surface area contributed by atoms with Crippen LogP contribution in [0.1, 0.15) is 33.0 Å². The number of aromatic carboxylic acids is 2. The molecule has 0 aliphatic carbocycles. The van der Waals surface area contributed by atoms with Gasteiger partial charge in [0.15, 0.2) is 5.69 Å². The first-order chi connectivity index (χ1) is 7.59. The molecule has 6 nitrogen and oxygen atoms in total. The van der Waals surface area contributed by atoms with Crippen molar-refractivity contribution in [2.45, 2.75) is 12.8 Å². The van der Waals surface area contributed by atoms with Gasteiger partial charge in [-0.25, -0.2) is 14.6 Å². The van der Waals surface area contributed by atoms with E-state index in [9.17, 15) is 9.59 Å². The summed E-state index contributed by atoms with van der Waals surface area (Å²) in [6, 6.07) is 1.23. The van der Waals surface area contributed by atoms with Gasteiger partial charge in [0.2, 0.25) is 0 Å². The molecule has 0 atom stereocenters. The topological polar surface area (TPSA) is 96.7 Å². The second-order valence-electron chi connectivity index (χ2n) is 3.39. The number of carbonyl (C=O) groups is 2. The average molecular weight is 223 g/mol. The molecule has 6 heteroatoms. The summed E-state index contributed by atoms with van der Waals surface area (Å²) in [6.45, 7) is 0.500. The van der Waals surface area contributed by atoms with Crippen molar-refractivity contribution in [2.75, 3.05) is 6.61 Å². The second-order valence-corrected chi connectivity index (χ2v) is 3.39. The van der Waals surface area contributed by atoms with E-state index >= 15 is 0 Å². The SMILES string of the molecule is O=C(O)c1cc2c(nc1C(=O)O)CCCO2. The van der Waals surface area contributed by atoms with E-state index in [1.165, 1.54) is 6.07 Å². The first-order valence-electron chi connectivity index (χ1n) is 4.73. The second kappa shape index (κ2) is 3.80. The lowest BCUT2D eigenvalue weighted by Crippen LogP contribution is -2.17. The van der Waals surface area contributed by atoms with Gasteiger partial charge in [-0.3, -0.25) is 0 Å². The van der Waals surface area contributed by atoms with Crippen LogP contribution in [-0.4, -0.2) is 33.7 Å². The van der Waals surface area contributed by atoms with E-state index < -0.39 is 17.6 Å². The predicted octanol–water partition coefficient (Wildman–Crippen LogP) is 0.803.